The summed E-state index contributed by atoms with van der Waals surface area (Å²) in [6, 6.07) is 13.2. The number of rotatable bonds is 3. The molecule has 0 amide bonds. The second kappa shape index (κ2) is 5.95. The third kappa shape index (κ3) is 2.36. The largest absolute Gasteiger partial charge is 0.394 e. The number of fused-ring (bicyclic) bond motifs is 1. The zero-order valence-corrected chi connectivity index (χ0v) is 15.4. The summed E-state index contributed by atoms with van der Waals surface area (Å²) in [6.07, 6.45) is 0. The van der Waals surface area contributed by atoms with Crippen LogP contribution in [-0.2, 0) is 5.54 Å². The van der Waals surface area contributed by atoms with E-state index >= 15 is 0 Å². The number of benzene rings is 1. The number of aliphatic hydroxyl groups excluding tert-OH is 1. The lowest BCUT2D eigenvalue weighted by atomic mass is 9.77. The van der Waals surface area contributed by atoms with Crippen LogP contribution in [0, 0.1) is 25.7 Å². The Balaban J connectivity index is 1.79. The Kier molecular flexibility index (Phi) is 4.04. The zero-order valence-electron chi connectivity index (χ0n) is 14.6. The van der Waals surface area contributed by atoms with Gasteiger partial charge in [-0.2, -0.15) is 0 Å². The Morgan fingerprint density at radius 3 is 2.62 bits per heavy atom. The van der Waals surface area contributed by atoms with Gasteiger partial charge in [0.15, 0.2) is 0 Å². The zero-order chi connectivity index (χ0) is 16.9. The van der Waals surface area contributed by atoms with E-state index in [1.165, 1.54) is 20.9 Å². The number of hydrogen-bond donors (Lipinski definition) is 2. The average molecular weight is 343 g/mol. The Bertz CT molecular complexity index is 709. The molecule has 2 aliphatic rings. The molecule has 3 nitrogen and oxygen atoms in total. The number of nitrogens with one attached hydrogen (secondary N) is 1. The van der Waals surface area contributed by atoms with Crippen molar-refractivity contribution in [1.82, 2.24) is 10.2 Å². The maximum absolute atomic E-state index is 10.5. The maximum Gasteiger partial charge on any atom is 0.0718 e. The van der Waals surface area contributed by atoms with Crippen molar-refractivity contribution in [2.24, 2.45) is 11.8 Å². The Labute approximate surface area is 148 Å². The van der Waals surface area contributed by atoms with Gasteiger partial charge in [-0.1, -0.05) is 30.3 Å². The molecule has 2 aromatic rings. The Morgan fingerprint density at radius 2 is 2.00 bits per heavy atom. The molecule has 3 heterocycles. The normalized spacial score (nSPS) is 33.1. The molecule has 2 fully saturated rings. The van der Waals surface area contributed by atoms with Gasteiger partial charge in [0.2, 0.25) is 0 Å². The first-order chi connectivity index (χ1) is 11.5. The number of aryl methyl sites for hydroxylation is 2. The highest BCUT2D eigenvalue weighted by atomic mass is 32.1. The molecule has 0 saturated carbocycles. The fraction of sp³-hybridized carbons (Fsp3) is 0.500. The molecule has 0 unspecified atom stereocenters. The van der Waals surface area contributed by atoms with Gasteiger partial charge in [0.05, 0.1) is 12.1 Å². The molecule has 4 heteroatoms. The minimum Gasteiger partial charge on any atom is -0.394 e. The number of thiophene rings is 1. The second-order valence-electron chi connectivity index (χ2n) is 7.50. The predicted molar refractivity (Wildman–Crippen MR) is 99.4 cm³/mol. The summed E-state index contributed by atoms with van der Waals surface area (Å²) >= 11 is 1.91. The smallest absolute Gasteiger partial charge is 0.0718 e. The Hall–Kier alpha value is -1.20. The van der Waals surface area contributed by atoms with Crippen LogP contribution in [0.2, 0.25) is 0 Å². The molecule has 2 aliphatic heterocycles. The number of nitrogens with zero attached hydrogens (tertiary/aromatic N) is 1. The maximum atomic E-state index is 10.5. The third-order valence-electron chi connectivity index (χ3n) is 6.05. The third-order valence-corrected chi connectivity index (χ3v) is 7.29. The second-order valence-corrected chi connectivity index (χ2v) is 8.78. The van der Waals surface area contributed by atoms with E-state index in [2.05, 4.69) is 61.4 Å². The van der Waals surface area contributed by atoms with E-state index in [-0.39, 0.29) is 12.1 Å². The molecule has 0 spiro atoms. The summed E-state index contributed by atoms with van der Waals surface area (Å²) in [5, 5.41) is 14.3. The van der Waals surface area contributed by atoms with Crippen molar-refractivity contribution < 1.29 is 5.11 Å². The molecule has 24 heavy (non-hydrogen) atoms. The van der Waals surface area contributed by atoms with Crippen LogP contribution in [0.5, 0.6) is 0 Å². The number of hydrogen-bond acceptors (Lipinski definition) is 4. The molecule has 4 atom stereocenters. The van der Waals surface area contributed by atoms with Crippen LogP contribution in [0.3, 0.4) is 0 Å². The van der Waals surface area contributed by atoms with Gasteiger partial charge in [-0.25, -0.2) is 0 Å². The summed E-state index contributed by atoms with van der Waals surface area (Å²) in [4.78, 5) is 5.24. The summed E-state index contributed by atoms with van der Waals surface area (Å²) in [5.74, 6) is 0.974. The monoisotopic (exact) mass is 342 g/mol. The summed E-state index contributed by atoms with van der Waals surface area (Å²) in [5.41, 5.74) is 2.25. The molecular weight excluding hydrogens is 316 g/mol. The molecule has 0 radical (unpaired) electrons. The fourth-order valence-electron chi connectivity index (χ4n) is 4.71. The first kappa shape index (κ1) is 16.3. The van der Waals surface area contributed by atoms with Gasteiger partial charge < -0.3 is 10.0 Å². The fourth-order valence-corrected chi connectivity index (χ4v) is 5.88. The van der Waals surface area contributed by atoms with E-state index in [1.807, 2.05) is 17.4 Å². The van der Waals surface area contributed by atoms with E-state index in [9.17, 15) is 5.11 Å². The SMILES string of the molecule is Cc1cc([C@H]2N[C@](CO)(c3ccccc3)[C@H]3CN(C)C[C@@H]23)sc1C. The summed E-state index contributed by atoms with van der Waals surface area (Å²) in [6.45, 7) is 6.66. The topological polar surface area (TPSA) is 35.5 Å². The van der Waals surface area contributed by atoms with Gasteiger partial charge in [-0.15, -0.1) is 11.3 Å². The van der Waals surface area contributed by atoms with E-state index < -0.39 is 0 Å². The van der Waals surface area contributed by atoms with Crippen LogP contribution in [0.15, 0.2) is 36.4 Å². The van der Waals surface area contributed by atoms with E-state index in [0.29, 0.717) is 17.9 Å². The quantitative estimate of drug-likeness (QED) is 0.900. The summed E-state index contributed by atoms with van der Waals surface area (Å²) < 4.78 is 0. The lowest BCUT2D eigenvalue weighted by Gasteiger charge is -2.34. The van der Waals surface area contributed by atoms with Crippen molar-refractivity contribution in [3.8, 4) is 0 Å². The van der Waals surface area contributed by atoms with Gasteiger partial charge in [0.25, 0.3) is 0 Å². The van der Waals surface area contributed by atoms with Crippen LogP contribution >= 0.6 is 11.3 Å². The molecule has 128 valence electrons. The highest BCUT2D eigenvalue weighted by Crippen LogP contribution is 2.52. The highest BCUT2D eigenvalue weighted by Gasteiger charge is 2.57. The van der Waals surface area contributed by atoms with Crippen LogP contribution in [-0.4, -0.2) is 36.8 Å². The molecule has 0 aliphatic carbocycles. The molecule has 2 N–H and O–H groups in total. The first-order valence-electron chi connectivity index (χ1n) is 8.74. The van der Waals surface area contributed by atoms with Crippen LogP contribution < -0.4 is 5.32 Å². The van der Waals surface area contributed by atoms with Crippen molar-refractivity contribution in [2.45, 2.75) is 25.4 Å². The van der Waals surface area contributed by atoms with Gasteiger partial charge in [-0.05, 0) is 44.0 Å². The van der Waals surface area contributed by atoms with Gasteiger partial charge in [0, 0.05) is 34.8 Å². The van der Waals surface area contributed by atoms with E-state index in [0.717, 1.165) is 13.1 Å². The molecule has 1 aromatic carbocycles. The van der Waals surface area contributed by atoms with Crippen molar-refractivity contribution in [3.63, 3.8) is 0 Å². The summed E-state index contributed by atoms with van der Waals surface area (Å²) in [7, 11) is 2.20. The average Bonchev–Trinajstić information content (AvgIpc) is 3.21. The van der Waals surface area contributed by atoms with Crippen LogP contribution in [0.4, 0.5) is 0 Å². The van der Waals surface area contributed by atoms with Gasteiger partial charge in [-0.3, -0.25) is 5.32 Å². The van der Waals surface area contributed by atoms with Crippen molar-refractivity contribution in [3.05, 3.63) is 57.3 Å². The molecular formula is C20H26N2OS. The van der Waals surface area contributed by atoms with Crippen LogP contribution in [0.1, 0.15) is 26.9 Å². The molecule has 4 rings (SSSR count). The minimum absolute atomic E-state index is 0.145. The van der Waals surface area contributed by atoms with Crippen molar-refractivity contribution in [2.75, 3.05) is 26.7 Å². The molecule has 0 bridgehead atoms. The van der Waals surface area contributed by atoms with Gasteiger partial charge >= 0.3 is 0 Å². The highest BCUT2D eigenvalue weighted by molar-refractivity contribution is 7.12. The predicted octanol–water partition coefficient (Wildman–Crippen LogP) is 3.07. The van der Waals surface area contributed by atoms with E-state index in [1.54, 1.807) is 0 Å². The Morgan fingerprint density at radius 1 is 1.25 bits per heavy atom. The number of aliphatic hydroxyl groups is 1. The van der Waals surface area contributed by atoms with Gasteiger partial charge in [0.1, 0.15) is 0 Å². The van der Waals surface area contributed by atoms with Crippen LogP contribution in [0.25, 0.3) is 0 Å². The van der Waals surface area contributed by atoms with Crippen molar-refractivity contribution >= 4 is 11.3 Å². The molecule has 2 saturated heterocycles. The number of likely N-dealkylation sites (tertiary alicyclic amines) is 1. The van der Waals surface area contributed by atoms with E-state index in [4.69, 9.17) is 0 Å². The molecule has 1 aromatic heterocycles. The minimum atomic E-state index is -0.340. The first-order valence-corrected chi connectivity index (χ1v) is 9.56. The standard InChI is InChI=1S/C20H26N2OS/c1-13-9-18(24-14(13)2)19-16-10-22(3)11-17(16)20(12-23,21-19)15-7-5-4-6-8-15/h4-9,16-17,19,21,23H,10-12H2,1-3H3/t16-,17+,19+,20-/m1/s1. The van der Waals surface area contributed by atoms with Crippen molar-refractivity contribution in [1.29, 1.82) is 0 Å². The lowest BCUT2D eigenvalue weighted by molar-refractivity contribution is 0.129. The lowest BCUT2D eigenvalue weighted by Crippen LogP contribution is -2.47.